The third kappa shape index (κ3) is 9.07. The van der Waals surface area contributed by atoms with E-state index >= 15 is 0 Å². The summed E-state index contributed by atoms with van der Waals surface area (Å²) in [5.41, 5.74) is 0.749. The van der Waals surface area contributed by atoms with Gasteiger partial charge in [0, 0.05) is 41.8 Å². The fraction of sp³-hybridized carbons (Fsp3) is 0.412. The van der Waals surface area contributed by atoms with Crippen molar-refractivity contribution in [2.75, 3.05) is 6.61 Å². The Morgan fingerprint density at radius 1 is 1.00 bits per heavy atom. The molecule has 1 N–H and O–H groups in total. The number of rotatable bonds is 4. The molecule has 0 bridgehead atoms. The van der Waals surface area contributed by atoms with Crippen LogP contribution in [0.25, 0.3) is 0 Å². The topological polar surface area (TPSA) is 37.3 Å². The summed E-state index contributed by atoms with van der Waals surface area (Å²) in [7, 11) is 0. The summed E-state index contributed by atoms with van der Waals surface area (Å²) in [6.07, 6.45) is 22.3. The summed E-state index contributed by atoms with van der Waals surface area (Å²) in [4.78, 5) is 11.2. The zero-order chi connectivity index (χ0) is 13.8. The average molecular weight is 318 g/mol. The molecule has 0 spiro atoms. The van der Waals surface area contributed by atoms with E-state index in [4.69, 9.17) is 5.11 Å². The van der Waals surface area contributed by atoms with E-state index < -0.39 is 0 Å². The minimum Gasteiger partial charge on any atom is -0.396 e. The van der Waals surface area contributed by atoms with Gasteiger partial charge < -0.3 is 5.11 Å². The number of Topliss-reactive ketones (excluding diaryl/α,β-unsaturated/α-hetero) is 1. The Labute approximate surface area is 132 Å². The van der Waals surface area contributed by atoms with Crippen LogP contribution in [0.3, 0.4) is 0 Å². The molecule has 112 valence electrons. The summed E-state index contributed by atoms with van der Waals surface area (Å²) in [6, 6.07) is 0. The van der Waals surface area contributed by atoms with E-state index in [-0.39, 0.29) is 29.2 Å². The molecule has 0 heterocycles. The van der Waals surface area contributed by atoms with Crippen LogP contribution < -0.4 is 0 Å². The second kappa shape index (κ2) is 13.1. The second-order valence-electron chi connectivity index (χ2n) is 4.52. The van der Waals surface area contributed by atoms with E-state index in [1.807, 2.05) is 12.2 Å². The maximum Gasteiger partial charge on any atom is 0.159 e. The molecule has 0 atom stereocenters. The number of carbonyl (C=O) groups excluding carboxylic acids is 1. The van der Waals surface area contributed by atoms with Crippen molar-refractivity contribution in [2.45, 2.75) is 38.5 Å². The van der Waals surface area contributed by atoms with Crippen molar-refractivity contribution in [3.05, 3.63) is 54.5 Å². The SMILES string of the molecule is C1=C\CC/C=C\CC/1.O=C(CCCO)C1=CC=C[CH]1.[Co]. The standard InChI is InChI=1S/C9H11O2.C8H12.Co/c10-7-3-6-9(11)8-4-1-2-5-8;1-2-4-6-8-7-5-3-1;/h1-2,4-5,10H,3,6-7H2;1-2,7-8H,3-6H2;/b;2-1-,8-7-;. The molecule has 0 aromatic heterocycles. The zero-order valence-corrected chi connectivity index (χ0v) is 12.8. The summed E-state index contributed by atoms with van der Waals surface area (Å²) in [5.74, 6) is 0.115. The van der Waals surface area contributed by atoms with E-state index in [2.05, 4.69) is 24.3 Å². The first kappa shape index (κ1) is 19.1. The van der Waals surface area contributed by atoms with E-state index in [1.54, 1.807) is 12.5 Å². The predicted molar refractivity (Wildman–Crippen MR) is 79.6 cm³/mol. The van der Waals surface area contributed by atoms with Gasteiger partial charge in [-0.15, -0.1) is 0 Å². The smallest absolute Gasteiger partial charge is 0.159 e. The fourth-order valence-electron chi connectivity index (χ4n) is 1.80. The number of aliphatic hydroxyl groups is 1. The molecule has 20 heavy (non-hydrogen) atoms. The molecule has 0 aromatic carbocycles. The minimum atomic E-state index is 0. The van der Waals surface area contributed by atoms with Crippen LogP contribution in [0, 0.1) is 6.42 Å². The molecule has 2 radical (unpaired) electrons. The monoisotopic (exact) mass is 318 g/mol. The Balaban J connectivity index is 0.000000359. The van der Waals surface area contributed by atoms with Crippen LogP contribution in [0.5, 0.6) is 0 Å². The third-order valence-corrected chi connectivity index (χ3v) is 2.88. The van der Waals surface area contributed by atoms with E-state index in [0.717, 1.165) is 5.57 Å². The van der Waals surface area contributed by atoms with Crippen molar-refractivity contribution < 1.29 is 26.7 Å². The largest absolute Gasteiger partial charge is 0.396 e. The van der Waals surface area contributed by atoms with Gasteiger partial charge in [0.05, 0.1) is 0 Å². The Bertz CT molecular complexity index is 352. The summed E-state index contributed by atoms with van der Waals surface area (Å²) >= 11 is 0. The van der Waals surface area contributed by atoms with Gasteiger partial charge in [-0.2, -0.15) is 0 Å². The van der Waals surface area contributed by atoms with Gasteiger partial charge >= 0.3 is 0 Å². The number of carbonyl (C=O) groups is 1. The van der Waals surface area contributed by atoms with Crippen LogP contribution in [0.15, 0.2) is 48.1 Å². The molecule has 0 saturated carbocycles. The van der Waals surface area contributed by atoms with Crippen molar-refractivity contribution in [3.63, 3.8) is 0 Å². The van der Waals surface area contributed by atoms with Gasteiger partial charge in [0.1, 0.15) is 0 Å². The maximum atomic E-state index is 11.2. The number of hydrogen-bond donors (Lipinski definition) is 1. The minimum absolute atomic E-state index is 0. The molecule has 2 rings (SSSR count). The first-order valence-corrected chi connectivity index (χ1v) is 7.00. The Kier molecular flexibility index (Phi) is 12.5. The molecular weight excluding hydrogens is 295 g/mol. The van der Waals surface area contributed by atoms with Gasteiger partial charge in [-0.05, 0) is 32.1 Å². The van der Waals surface area contributed by atoms with Gasteiger partial charge in [0.15, 0.2) is 5.78 Å². The predicted octanol–water partition coefficient (Wildman–Crippen LogP) is 3.70. The molecule has 0 fully saturated rings. The van der Waals surface area contributed by atoms with Gasteiger partial charge in [-0.1, -0.05) is 42.5 Å². The van der Waals surface area contributed by atoms with Crippen molar-refractivity contribution in [3.8, 4) is 0 Å². The molecule has 2 nitrogen and oxygen atoms in total. The number of allylic oxidation sites excluding steroid dienone is 8. The van der Waals surface area contributed by atoms with Crippen molar-refractivity contribution in [1.29, 1.82) is 0 Å². The number of hydrogen-bond acceptors (Lipinski definition) is 2. The maximum absolute atomic E-state index is 11.2. The number of ketones is 1. The van der Waals surface area contributed by atoms with Crippen LogP contribution in [0.1, 0.15) is 38.5 Å². The molecule has 0 saturated heterocycles. The zero-order valence-electron chi connectivity index (χ0n) is 11.8. The van der Waals surface area contributed by atoms with E-state index in [1.165, 1.54) is 25.7 Å². The molecule has 0 amide bonds. The molecule has 2 aliphatic carbocycles. The van der Waals surface area contributed by atoms with Gasteiger partial charge in [0.25, 0.3) is 0 Å². The first-order chi connectivity index (χ1) is 9.34. The second-order valence-corrected chi connectivity index (χ2v) is 4.52. The first-order valence-electron chi connectivity index (χ1n) is 7.00. The summed E-state index contributed by atoms with van der Waals surface area (Å²) in [5, 5.41) is 8.46. The summed E-state index contributed by atoms with van der Waals surface area (Å²) in [6.45, 7) is 0.0897. The van der Waals surface area contributed by atoms with Crippen LogP contribution >= 0.6 is 0 Å². The van der Waals surface area contributed by atoms with Crippen LogP contribution in [0.2, 0.25) is 0 Å². The van der Waals surface area contributed by atoms with Crippen molar-refractivity contribution >= 4 is 5.78 Å². The van der Waals surface area contributed by atoms with Crippen LogP contribution in [-0.2, 0) is 21.6 Å². The van der Waals surface area contributed by atoms with Gasteiger partial charge in [0.2, 0.25) is 0 Å². The molecule has 0 unspecified atom stereocenters. The summed E-state index contributed by atoms with van der Waals surface area (Å²) < 4.78 is 0. The van der Waals surface area contributed by atoms with E-state index in [0.29, 0.717) is 12.8 Å². The van der Waals surface area contributed by atoms with Crippen molar-refractivity contribution in [2.24, 2.45) is 0 Å². The van der Waals surface area contributed by atoms with Crippen molar-refractivity contribution in [1.82, 2.24) is 0 Å². The molecule has 2 aliphatic rings. The average Bonchev–Trinajstić information content (AvgIpc) is 2.89. The third-order valence-electron chi connectivity index (χ3n) is 2.88. The Morgan fingerprint density at radius 3 is 1.95 bits per heavy atom. The van der Waals surface area contributed by atoms with E-state index in [9.17, 15) is 4.79 Å². The Morgan fingerprint density at radius 2 is 1.55 bits per heavy atom. The van der Waals surface area contributed by atoms with Gasteiger partial charge in [-0.25, -0.2) is 0 Å². The fourth-order valence-corrected chi connectivity index (χ4v) is 1.80. The van der Waals surface area contributed by atoms with Gasteiger partial charge in [-0.3, -0.25) is 4.79 Å². The quantitative estimate of drug-likeness (QED) is 0.803. The normalized spacial score (nSPS) is 19.6. The molecular formula is C17H23CoO2. The van der Waals surface area contributed by atoms with Crippen LogP contribution in [0.4, 0.5) is 0 Å². The Hall–Kier alpha value is -0.904. The molecule has 0 aliphatic heterocycles. The van der Waals surface area contributed by atoms with Crippen LogP contribution in [-0.4, -0.2) is 17.5 Å². The number of aliphatic hydroxyl groups excluding tert-OH is 1. The molecule has 0 aromatic rings. The molecule has 3 heteroatoms.